The Morgan fingerprint density at radius 2 is 2.43 bits per heavy atom. The van der Waals surface area contributed by atoms with E-state index in [4.69, 9.17) is 5.11 Å². The van der Waals surface area contributed by atoms with Crippen molar-refractivity contribution < 1.29 is 9.90 Å². The van der Waals surface area contributed by atoms with E-state index in [0.29, 0.717) is 6.54 Å². The van der Waals surface area contributed by atoms with Crippen LogP contribution in [0, 0.1) is 5.92 Å². The van der Waals surface area contributed by atoms with E-state index in [9.17, 15) is 4.79 Å². The molecule has 1 unspecified atom stereocenters. The molecule has 4 nitrogen and oxygen atoms in total. The Kier molecular flexibility index (Phi) is 3.91. The number of nitrogens with zero attached hydrogens (tertiary/aromatic N) is 1. The van der Waals surface area contributed by atoms with Crippen molar-refractivity contribution in [2.24, 2.45) is 5.92 Å². The lowest BCUT2D eigenvalue weighted by Gasteiger charge is -2.10. The average molecular weight is 194 g/mol. The molecule has 1 atom stereocenters. The number of carbonyl (C=O) groups is 1. The highest BCUT2D eigenvalue weighted by molar-refractivity contribution is 5.67. The molecule has 14 heavy (non-hydrogen) atoms. The van der Waals surface area contributed by atoms with Gasteiger partial charge in [-0.2, -0.15) is 0 Å². The molecule has 0 saturated heterocycles. The van der Waals surface area contributed by atoms with Gasteiger partial charge in [-0.25, -0.2) is 4.98 Å². The van der Waals surface area contributed by atoms with E-state index in [-0.39, 0.29) is 12.3 Å². The standard InChI is InChI=1S/C10H14N2O2/c1-8(6-10(13)14)7-12-9-4-2-3-5-11-9/h2-5,8H,6-7H2,1H3,(H,11,12)(H,13,14). The lowest BCUT2D eigenvalue weighted by Crippen LogP contribution is -2.15. The number of aromatic nitrogens is 1. The molecule has 1 heterocycles. The first kappa shape index (κ1) is 10.5. The van der Waals surface area contributed by atoms with Crippen LogP contribution in [0.1, 0.15) is 13.3 Å². The summed E-state index contributed by atoms with van der Waals surface area (Å²) in [6, 6.07) is 5.58. The van der Waals surface area contributed by atoms with Crippen LogP contribution in [0.25, 0.3) is 0 Å². The first-order valence-electron chi connectivity index (χ1n) is 4.55. The predicted octanol–water partition coefficient (Wildman–Crippen LogP) is 1.60. The Morgan fingerprint density at radius 3 is 3.00 bits per heavy atom. The van der Waals surface area contributed by atoms with Crippen LogP contribution in [-0.4, -0.2) is 22.6 Å². The number of nitrogens with one attached hydrogen (secondary N) is 1. The van der Waals surface area contributed by atoms with Crippen LogP contribution in [0.4, 0.5) is 5.82 Å². The van der Waals surface area contributed by atoms with E-state index in [1.165, 1.54) is 0 Å². The molecule has 0 aliphatic heterocycles. The summed E-state index contributed by atoms with van der Waals surface area (Å²) in [5.41, 5.74) is 0. The van der Waals surface area contributed by atoms with E-state index < -0.39 is 5.97 Å². The van der Waals surface area contributed by atoms with Crippen molar-refractivity contribution >= 4 is 11.8 Å². The van der Waals surface area contributed by atoms with Gasteiger partial charge in [0.05, 0.1) is 0 Å². The molecule has 1 aromatic heterocycles. The van der Waals surface area contributed by atoms with Crippen LogP contribution < -0.4 is 5.32 Å². The van der Waals surface area contributed by atoms with Gasteiger partial charge < -0.3 is 10.4 Å². The van der Waals surface area contributed by atoms with Gasteiger partial charge in [-0.3, -0.25) is 4.79 Å². The van der Waals surface area contributed by atoms with Crippen molar-refractivity contribution in [2.75, 3.05) is 11.9 Å². The molecule has 0 spiro atoms. The number of aliphatic carboxylic acids is 1. The second-order valence-corrected chi connectivity index (χ2v) is 3.30. The zero-order chi connectivity index (χ0) is 10.4. The third-order valence-corrected chi connectivity index (χ3v) is 1.82. The summed E-state index contributed by atoms with van der Waals surface area (Å²) in [5.74, 6) is 0.125. The Balaban J connectivity index is 2.30. The minimum Gasteiger partial charge on any atom is -0.481 e. The summed E-state index contributed by atoms with van der Waals surface area (Å²) in [7, 11) is 0. The Bertz CT molecular complexity index is 287. The fourth-order valence-electron chi connectivity index (χ4n) is 1.12. The highest BCUT2D eigenvalue weighted by Gasteiger charge is 2.06. The number of carboxylic acid groups (broad SMARTS) is 1. The number of carboxylic acids is 1. The highest BCUT2D eigenvalue weighted by atomic mass is 16.4. The van der Waals surface area contributed by atoms with Gasteiger partial charge in [-0.05, 0) is 18.1 Å². The molecule has 76 valence electrons. The summed E-state index contributed by atoms with van der Waals surface area (Å²) in [4.78, 5) is 14.4. The second-order valence-electron chi connectivity index (χ2n) is 3.30. The smallest absolute Gasteiger partial charge is 0.303 e. The van der Waals surface area contributed by atoms with Crippen LogP contribution in [0.15, 0.2) is 24.4 Å². The Morgan fingerprint density at radius 1 is 1.64 bits per heavy atom. The largest absolute Gasteiger partial charge is 0.481 e. The van der Waals surface area contributed by atoms with Crippen molar-refractivity contribution in [3.63, 3.8) is 0 Å². The first-order chi connectivity index (χ1) is 6.68. The van der Waals surface area contributed by atoms with E-state index in [0.717, 1.165) is 5.82 Å². The minimum atomic E-state index is -0.764. The monoisotopic (exact) mass is 194 g/mol. The van der Waals surface area contributed by atoms with Crippen molar-refractivity contribution in [1.82, 2.24) is 4.98 Å². The predicted molar refractivity (Wildman–Crippen MR) is 54.1 cm³/mol. The van der Waals surface area contributed by atoms with Gasteiger partial charge in [0.25, 0.3) is 0 Å². The normalized spacial score (nSPS) is 12.1. The quantitative estimate of drug-likeness (QED) is 0.747. The summed E-state index contributed by atoms with van der Waals surface area (Å²) in [6.45, 7) is 2.52. The number of anilines is 1. The van der Waals surface area contributed by atoms with Crippen molar-refractivity contribution in [3.05, 3.63) is 24.4 Å². The fraction of sp³-hybridized carbons (Fsp3) is 0.400. The Labute approximate surface area is 83.0 Å². The minimum absolute atomic E-state index is 0.106. The molecule has 1 aromatic rings. The molecule has 0 amide bonds. The molecular formula is C10H14N2O2. The number of hydrogen-bond acceptors (Lipinski definition) is 3. The van der Waals surface area contributed by atoms with Crippen molar-refractivity contribution in [2.45, 2.75) is 13.3 Å². The zero-order valence-corrected chi connectivity index (χ0v) is 8.10. The van der Waals surface area contributed by atoms with Crippen LogP contribution >= 0.6 is 0 Å². The van der Waals surface area contributed by atoms with Gasteiger partial charge in [0, 0.05) is 19.2 Å². The number of hydrogen-bond donors (Lipinski definition) is 2. The molecule has 0 bridgehead atoms. The average Bonchev–Trinajstić information content (AvgIpc) is 2.15. The molecule has 2 N–H and O–H groups in total. The molecule has 1 rings (SSSR count). The third-order valence-electron chi connectivity index (χ3n) is 1.82. The lowest BCUT2D eigenvalue weighted by molar-refractivity contribution is -0.137. The maximum atomic E-state index is 10.4. The topological polar surface area (TPSA) is 62.2 Å². The van der Waals surface area contributed by atoms with Crippen LogP contribution in [0.2, 0.25) is 0 Å². The van der Waals surface area contributed by atoms with Gasteiger partial charge in [0.15, 0.2) is 0 Å². The molecule has 0 fully saturated rings. The van der Waals surface area contributed by atoms with E-state index in [1.54, 1.807) is 6.20 Å². The van der Waals surface area contributed by atoms with Crippen molar-refractivity contribution in [1.29, 1.82) is 0 Å². The summed E-state index contributed by atoms with van der Waals surface area (Å²) < 4.78 is 0. The SMILES string of the molecule is CC(CNc1ccccn1)CC(=O)O. The summed E-state index contributed by atoms with van der Waals surface area (Å²) >= 11 is 0. The molecule has 0 saturated carbocycles. The van der Waals surface area contributed by atoms with Crippen LogP contribution in [0.3, 0.4) is 0 Å². The van der Waals surface area contributed by atoms with E-state index in [1.807, 2.05) is 25.1 Å². The van der Waals surface area contributed by atoms with Crippen molar-refractivity contribution in [3.8, 4) is 0 Å². The van der Waals surface area contributed by atoms with Crippen LogP contribution in [-0.2, 0) is 4.79 Å². The molecule has 0 aliphatic carbocycles. The second kappa shape index (κ2) is 5.21. The van der Waals surface area contributed by atoms with E-state index in [2.05, 4.69) is 10.3 Å². The Hall–Kier alpha value is -1.58. The molecule has 0 aromatic carbocycles. The van der Waals surface area contributed by atoms with E-state index >= 15 is 0 Å². The highest BCUT2D eigenvalue weighted by Crippen LogP contribution is 2.05. The summed E-state index contributed by atoms with van der Waals surface area (Å²) in [6.07, 6.45) is 1.88. The fourth-order valence-corrected chi connectivity index (χ4v) is 1.12. The third kappa shape index (κ3) is 3.89. The van der Waals surface area contributed by atoms with Gasteiger partial charge >= 0.3 is 5.97 Å². The molecule has 4 heteroatoms. The summed E-state index contributed by atoms with van der Waals surface area (Å²) in [5, 5.41) is 11.6. The zero-order valence-electron chi connectivity index (χ0n) is 8.10. The van der Waals surface area contributed by atoms with Gasteiger partial charge in [0.2, 0.25) is 0 Å². The number of rotatable bonds is 5. The molecular weight excluding hydrogens is 180 g/mol. The maximum absolute atomic E-state index is 10.4. The lowest BCUT2D eigenvalue weighted by atomic mass is 10.1. The maximum Gasteiger partial charge on any atom is 0.303 e. The molecule has 0 aliphatic rings. The number of pyridine rings is 1. The van der Waals surface area contributed by atoms with Gasteiger partial charge in [-0.1, -0.05) is 13.0 Å². The van der Waals surface area contributed by atoms with Gasteiger partial charge in [0.1, 0.15) is 5.82 Å². The first-order valence-corrected chi connectivity index (χ1v) is 4.55. The molecule has 0 radical (unpaired) electrons. The van der Waals surface area contributed by atoms with Crippen LogP contribution in [0.5, 0.6) is 0 Å². The van der Waals surface area contributed by atoms with Gasteiger partial charge in [-0.15, -0.1) is 0 Å².